The Morgan fingerprint density at radius 1 is 1.16 bits per heavy atom. The lowest BCUT2D eigenvalue weighted by atomic mass is 9.52. The number of nitrogens with zero attached hydrogens (tertiary/aromatic N) is 4. The maximum absolute atomic E-state index is 14.8. The van der Waals surface area contributed by atoms with E-state index < -0.39 is 34.6 Å². The number of rotatable bonds is 6. The van der Waals surface area contributed by atoms with Crippen molar-refractivity contribution in [2.75, 3.05) is 30.3 Å². The van der Waals surface area contributed by atoms with Crippen LogP contribution in [0.3, 0.4) is 0 Å². The summed E-state index contributed by atoms with van der Waals surface area (Å²) in [4.78, 5) is 34.0. The molecule has 0 aliphatic carbocycles. The first-order valence-corrected chi connectivity index (χ1v) is 14.4. The highest BCUT2D eigenvalue weighted by atomic mass is 32.2. The Morgan fingerprint density at radius 2 is 1.79 bits per heavy atom. The lowest BCUT2D eigenvalue weighted by molar-refractivity contribution is -0.137. The monoisotopic (exact) mass is 606 g/mol. The maximum Gasteiger partial charge on any atom is 0.417 e. The third-order valence-electron chi connectivity index (χ3n) is 7.54. The summed E-state index contributed by atoms with van der Waals surface area (Å²) in [6.45, 7) is 7.37. The van der Waals surface area contributed by atoms with Crippen molar-refractivity contribution in [1.29, 1.82) is 0 Å². The maximum atomic E-state index is 14.8. The molecule has 1 aromatic heterocycles. The van der Waals surface area contributed by atoms with Gasteiger partial charge in [0.25, 0.3) is 0 Å². The Hall–Kier alpha value is -3.19. The molecule has 43 heavy (non-hydrogen) atoms. The number of ether oxygens (including phenoxy) is 1. The number of amides is 1. The van der Waals surface area contributed by atoms with Crippen molar-refractivity contribution < 1.29 is 27.1 Å². The summed E-state index contributed by atoms with van der Waals surface area (Å²) in [5.74, 6) is -0.703. The van der Waals surface area contributed by atoms with Crippen molar-refractivity contribution in [1.82, 2.24) is 14.5 Å². The number of halogens is 4. The van der Waals surface area contributed by atoms with Crippen LogP contribution in [0.25, 0.3) is 22.0 Å². The quantitative estimate of drug-likeness (QED) is 0.243. The Balaban J connectivity index is 1.79. The Kier molecular flexibility index (Phi) is 8.27. The SMILES string of the molecule is [B]C([B])([B])OCC1CSc2c(-c3ccc(F)cc3)c(C(F)(F)F)cc3c(N4CC(C)N(C(=O)C=C)C(C)C4)nc(=O)n1c23. The Labute approximate surface area is 253 Å². The van der Waals surface area contributed by atoms with Crippen LogP contribution in [0.15, 0.2) is 52.7 Å². The second-order valence-corrected chi connectivity index (χ2v) is 11.8. The van der Waals surface area contributed by atoms with E-state index in [9.17, 15) is 27.2 Å². The van der Waals surface area contributed by atoms with Crippen molar-refractivity contribution in [3.63, 3.8) is 0 Å². The number of anilines is 1. The Morgan fingerprint density at radius 3 is 2.35 bits per heavy atom. The van der Waals surface area contributed by atoms with Gasteiger partial charge in [0.1, 0.15) is 11.6 Å². The zero-order valence-electron chi connectivity index (χ0n) is 23.4. The van der Waals surface area contributed by atoms with Crippen molar-refractivity contribution >= 4 is 57.9 Å². The fourth-order valence-corrected chi connectivity index (χ4v) is 7.18. The van der Waals surface area contributed by atoms with E-state index >= 15 is 0 Å². The average molecular weight is 606 g/mol. The van der Waals surface area contributed by atoms with Crippen LogP contribution in [-0.2, 0) is 15.7 Å². The molecule has 0 spiro atoms. The van der Waals surface area contributed by atoms with Crippen LogP contribution in [0.4, 0.5) is 23.4 Å². The first kappa shape index (κ1) is 31.2. The number of benzene rings is 2. The zero-order chi connectivity index (χ0) is 31.4. The molecule has 15 heteroatoms. The molecule has 1 saturated heterocycles. The number of hydrogen-bond donors (Lipinski definition) is 0. The molecular weight excluding hydrogens is 581 g/mol. The number of carbonyl (C=O) groups is 1. The van der Waals surface area contributed by atoms with Crippen LogP contribution in [0, 0.1) is 5.82 Å². The number of aromatic nitrogens is 2. The zero-order valence-corrected chi connectivity index (χ0v) is 24.2. The number of hydrogen-bond acceptors (Lipinski definition) is 6. The molecule has 1 fully saturated rings. The molecule has 0 saturated carbocycles. The fraction of sp³-hybridized carbons (Fsp3) is 0.393. The van der Waals surface area contributed by atoms with Gasteiger partial charge in [-0.25, -0.2) is 9.18 Å². The normalized spacial score (nSPS) is 20.8. The second kappa shape index (κ2) is 11.4. The topological polar surface area (TPSA) is 67.7 Å². The molecule has 3 heterocycles. The molecule has 1 amide bonds. The molecule has 7 nitrogen and oxygen atoms in total. The molecule has 218 valence electrons. The van der Waals surface area contributed by atoms with E-state index in [4.69, 9.17) is 28.3 Å². The molecule has 2 aliphatic rings. The number of alkyl halides is 3. The van der Waals surface area contributed by atoms with Crippen LogP contribution < -0.4 is 10.6 Å². The van der Waals surface area contributed by atoms with Gasteiger partial charge in [0.2, 0.25) is 5.91 Å². The number of carbonyl (C=O) groups excluding carboxylic acids is 1. The number of thioether (sulfide) groups is 1. The second-order valence-electron chi connectivity index (χ2n) is 10.8. The van der Waals surface area contributed by atoms with Gasteiger partial charge in [-0.05, 0) is 49.0 Å². The van der Waals surface area contributed by atoms with E-state index in [1.165, 1.54) is 22.8 Å². The smallest absolute Gasteiger partial charge is 0.401 e. The van der Waals surface area contributed by atoms with Crippen LogP contribution in [-0.4, -0.2) is 86.7 Å². The lowest BCUT2D eigenvalue weighted by Crippen LogP contribution is -2.58. The van der Waals surface area contributed by atoms with E-state index in [2.05, 4.69) is 11.6 Å². The summed E-state index contributed by atoms with van der Waals surface area (Å²) >= 11 is 1.10. The van der Waals surface area contributed by atoms with E-state index in [-0.39, 0.29) is 76.2 Å². The van der Waals surface area contributed by atoms with E-state index in [0.29, 0.717) is 0 Å². The molecule has 2 aromatic carbocycles. The van der Waals surface area contributed by atoms with Gasteiger partial charge in [-0.15, -0.1) is 11.8 Å². The van der Waals surface area contributed by atoms with Gasteiger partial charge >= 0.3 is 11.9 Å². The predicted octanol–water partition coefficient (Wildman–Crippen LogP) is 3.61. The van der Waals surface area contributed by atoms with Gasteiger partial charge in [0.15, 0.2) is 0 Å². The fourth-order valence-electron chi connectivity index (χ4n) is 5.86. The highest BCUT2D eigenvalue weighted by molar-refractivity contribution is 7.99. The summed E-state index contributed by atoms with van der Waals surface area (Å²) in [5.41, 5.74) is -1.50. The molecule has 0 bridgehead atoms. The summed E-state index contributed by atoms with van der Waals surface area (Å²) in [6.07, 6.45) is -3.60. The molecular formula is C28H25B3F4N4O3S. The summed E-state index contributed by atoms with van der Waals surface area (Å²) in [7, 11) is 16.7. The van der Waals surface area contributed by atoms with Gasteiger partial charge in [-0.2, -0.15) is 18.2 Å². The minimum atomic E-state index is -4.80. The standard InChI is InChI=1S/C28H25B3F4N4O3S/c1-4-21(40)38-14(2)10-37(11-15(38)3)25-19-9-20(27(33,34)35)22(16-5-7-17(32)8-6-16)24-23(19)39(26(41)36-25)18(13-43-24)12-42-28(29,30)31/h4-9,14-15,18H,1,10-13H2,2-3H3. The van der Waals surface area contributed by atoms with Crippen molar-refractivity contribution in [2.45, 2.75) is 48.3 Å². The first-order valence-electron chi connectivity index (χ1n) is 13.4. The lowest BCUT2D eigenvalue weighted by Gasteiger charge is -2.45. The summed E-state index contributed by atoms with van der Waals surface area (Å²) < 4.78 is 64.7. The van der Waals surface area contributed by atoms with Crippen molar-refractivity contribution in [3.8, 4) is 11.1 Å². The molecule has 0 N–H and O–H groups in total. The first-order chi connectivity index (χ1) is 20.1. The van der Waals surface area contributed by atoms with Crippen molar-refractivity contribution in [3.05, 3.63) is 64.9 Å². The third kappa shape index (κ3) is 5.98. The van der Waals surface area contributed by atoms with Crippen LogP contribution >= 0.6 is 11.8 Å². The van der Waals surface area contributed by atoms with Crippen LogP contribution in [0.2, 0.25) is 0 Å². The van der Waals surface area contributed by atoms with Crippen LogP contribution in [0.5, 0.6) is 0 Å². The van der Waals surface area contributed by atoms with Gasteiger partial charge in [0.05, 0.1) is 47.3 Å². The van der Waals surface area contributed by atoms with Crippen molar-refractivity contribution in [2.24, 2.45) is 0 Å². The largest absolute Gasteiger partial charge is 0.417 e. The summed E-state index contributed by atoms with van der Waals surface area (Å²) in [6, 6.07) is 4.25. The van der Waals surface area contributed by atoms with Gasteiger partial charge in [-0.1, -0.05) is 18.7 Å². The van der Waals surface area contributed by atoms with E-state index in [1.807, 2.05) is 0 Å². The highest BCUT2D eigenvalue weighted by Crippen LogP contribution is 2.50. The molecule has 3 aromatic rings. The van der Waals surface area contributed by atoms with Gasteiger partial charge in [0, 0.05) is 46.8 Å². The van der Waals surface area contributed by atoms with Crippen LogP contribution in [0.1, 0.15) is 25.5 Å². The Bertz CT molecular complexity index is 1630. The molecule has 3 unspecified atom stereocenters. The molecule has 5 rings (SSSR count). The minimum absolute atomic E-state index is 0.0612. The van der Waals surface area contributed by atoms with E-state index in [0.717, 1.165) is 30.0 Å². The van der Waals surface area contributed by atoms with Gasteiger partial charge < -0.3 is 14.5 Å². The molecule has 6 radical (unpaired) electrons. The minimum Gasteiger partial charge on any atom is -0.401 e. The third-order valence-corrected chi connectivity index (χ3v) is 8.78. The van der Waals surface area contributed by atoms with E-state index in [1.54, 1.807) is 23.6 Å². The molecule has 2 aliphatic heterocycles. The average Bonchev–Trinajstić information content (AvgIpc) is 2.92. The molecule has 3 atom stereocenters. The van der Waals surface area contributed by atoms with Gasteiger partial charge in [-0.3, -0.25) is 9.36 Å². The summed E-state index contributed by atoms with van der Waals surface area (Å²) in [5, 5.41) is -1.91. The predicted molar refractivity (Wildman–Crippen MR) is 160 cm³/mol. The number of piperazine rings is 1. The highest BCUT2D eigenvalue weighted by Gasteiger charge is 2.40.